The predicted octanol–water partition coefficient (Wildman–Crippen LogP) is 4.10. The fraction of sp³-hybridized carbons (Fsp3) is 0.864. The van der Waals surface area contributed by atoms with Gasteiger partial charge in [-0.25, -0.2) is 0 Å². The first-order valence-corrected chi connectivity index (χ1v) is 10.4. The standard InChI is InChI=1S/C22H32O3/c1-12-19-18(25-20(12)24)11-17-15-5-4-13-10-14(23)6-8-21(13,2)16(15)7-9-22(17,19)3/h4,12,14-19,23H,5-11H2,1-3H3. The number of esters is 1. The minimum Gasteiger partial charge on any atom is -0.462 e. The fourth-order valence-electron chi connectivity index (χ4n) is 8.09. The van der Waals surface area contributed by atoms with Crippen molar-refractivity contribution in [3.05, 3.63) is 11.6 Å². The van der Waals surface area contributed by atoms with Gasteiger partial charge in [-0.15, -0.1) is 0 Å². The van der Waals surface area contributed by atoms with Crippen molar-refractivity contribution < 1.29 is 14.6 Å². The number of carbonyl (C=O) groups is 1. The Bertz CT molecular complexity index is 639. The first kappa shape index (κ1) is 16.4. The van der Waals surface area contributed by atoms with Gasteiger partial charge >= 0.3 is 5.97 Å². The van der Waals surface area contributed by atoms with E-state index < -0.39 is 0 Å². The second kappa shape index (κ2) is 5.12. The SMILES string of the molecule is CC1C(=O)OC2CC3C4CC=C5CC(O)CCC5(C)C4CCC3(C)C21. The molecule has 3 saturated carbocycles. The quantitative estimate of drug-likeness (QED) is 0.532. The summed E-state index contributed by atoms with van der Waals surface area (Å²) >= 11 is 0. The van der Waals surface area contributed by atoms with Crippen LogP contribution >= 0.6 is 0 Å². The summed E-state index contributed by atoms with van der Waals surface area (Å²) < 4.78 is 5.79. The van der Waals surface area contributed by atoms with Crippen LogP contribution < -0.4 is 0 Å². The van der Waals surface area contributed by atoms with Gasteiger partial charge in [0.2, 0.25) is 0 Å². The zero-order chi connectivity index (χ0) is 17.6. The van der Waals surface area contributed by atoms with E-state index in [1.165, 1.54) is 24.8 Å². The van der Waals surface area contributed by atoms with Crippen LogP contribution in [0.4, 0.5) is 0 Å². The monoisotopic (exact) mass is 344 g/mol. The van der Waals surface area contributed by atoms with Gasteiger partial charge in [-0.2, -0.15) is 0 Å². The molecule has 1 aliphatic heterocycles. The Kier molecular flexibility index (Phi) is 3.35. The Hall–Kier alpha value is -0.830. The molecule has 9 atom stereocenters. The molecular weight excluding hydrogens is 312 g/mol. The van der Waals surface area contributed by atoms with Crippen molar-refractivity contribution in [1.82, 2.24) is 0 Å². The molecule has 3 nitrogen and oxygen atoms in total. The minimum absolute atomic E-state index is 0.0378. The number of aliphatic hydroxyl groups excluding tert-OH is 1. The zero-order valence-electron chi connectivity index (χ0n) is 15.8. The summed E-state index contributed by atoms with van der Waals surface area (Å²) in [7, 11) is 0. The maximum atomic E-state index is 12.1. The Morgan fingerprint density at radius 1 is 1.20 bits per heavy atom. The van der Waals surface area contributed by atoms with E-state index in [2.05, 4.69) is 26.8 Å². The predicted molar refractivity (Wildman–Crippen MR) is 95.6 cm³/mol. The van der Waals surface area contributed by atoms with Gasteiger partial charge in [-0.05, 0) is 73.5 Å². The number of carbonyl (C=O) groups excluding carboxylic acids is 1. The van der Waals surface area contributed by atoms with Crippen LogP contribution in [0.5, 0.6) is 0 Å². The Labute approximate surface area is 151 Å². The summed E-state index contributed by atoms with van der Waals surface area (Å²) in [4.78, 5) is 12.1. The summed E-state index contributed by atoms with van der Waals surface area (Å²) in [6, 6.07) is 0. The molecule has 1 heterocycles. The van der Waals surface area contributed by atoms with Crippen molar-refractivity contribution in [3.63, 3.8) is 0 Å². The number of hydrogen-bond donors (Lipinski definition) is 1. The van der Waals surface area contributed by atoms with E-state index in [4.69, 9.17) is 4.74 Å². The smallest absolute Gasteiger partial charge is 0.309 e. The summed E-state index contributed by atoms with van der Waals surface area (Å²) in [6.07, 6.45) is 10.3. The minimum atomic E-state index is -0.129. The molecule has 1 N–H and O–H groups in total. The molecule has 0 radical (unpaired) electrons. The molecule has 0 aromatic heterocycles. The first-order chi connectivity index (χ1) is 11.8. The Balaban J connectivity index is 1.49. The molecule has 138 valence electrons. The third kappa shape index (κ3) is 1.99. The molecule has 0 amide bonds. The highest BCUT2D eigenvalue weighted by Gasteiger charge is 2.65. The van der Waals surface area contributed by atoms with Gasteiger partial charge in [0.15, 0.2) is 0 Å². The molecule has 5 aliphatic rings. The van der Waals surface area contributed by atoms with E-state index in [0.717, 1.165) is 37.5 Å². The second-order valence-corrected chi connectivity index (χ2v) is 10.2. The third-order valence-corrected chi connectivity index (χ3v) is 9.34. The molecule has 0 bridgehead atoms. The largest absolute Gasteiger partial charge is 0.462 e. The van der Waals surface area contributed by atoms with Gasteiger partial charge in [0.05, 0.1) is 12.0 Å². The lowest BCUT2D eigenvalue weighted by molar-refractivity contribution is -0.145. The lowest BCUT2D eigenvalue weighted by atomic mass is 9.47. The van der Waals surface area contributed by atoms with Crippen LogP contribution in [0.3, 0.4) is 0 Å². The molecule has 1 saturated heterocycles. The van der Waals surface area contributed by atoms with Crippen molar-refractivity contribution in [1.29, 1.82) is 0 Å². The molecular formula is C22H32O3. The topological polar surface area (TPSA) is 46.5 Å². The average molecular weight is 344 g/mol. The van der Waals surface area contributed by atoms with Crippen molar-refractivity contribution in [2.45, 2.75) is 77.9 Å². The van der Waals surface area contributed by atoms with Crippen LogP contribution in [-0.2, 0) is 9.53 Å². The van der Waals surface area contributed by atoms with Crippen molar-refractivity contribution >= 4 is 5.97 Å². The van der Waals surface area contributed by atoms with Crippen LogP contribution in [0, 0.1) is 40.4 Å². The molecule has 9 unspecified atom stereocenters. The Morgan fingerprint density at radius 2 is 2.00 bits per heavy atom. The molecule has 3 heteroatoms. The number of aliphatic hydroxyl groups is 1. The van der Waals surface area contributed by atoms with E-state index >= 15 is 0 Å². The highest BCUT2D eigenvalue weighted by Crippen LogP contribution is 2.68. The third-order valence-electron chi connectivity index (χ3n) is 9.34. The fourth-order valence-corrected chi connectivity index (χ4v) is 8.09. The molecule has 0 spiro atoms. The van der Waals surface area contributed by atoms with E-state index in [1.807, 2.05) is 0 Å². The van der Waals surface area contributed by atoms with Gasteiger partial charge in [0.25, 0.3) is 0 Å². The van der Waals surface area contributed by atoms with Gasteiger partial charge in [-0.1, -0.05) is 32.4 Å². The number of fused-ring (bicyclic) bond motifs is 7. The lowest BCUT2D eigenvalue weighted by Crippen LogP contribution is -2.51. The van der Waals surface area contributed by atoms with Crippen LogP contribution in [0.25, 0.3) is 0 Å². The van der Waals surface area contributed by atoms with Crippen molar-refractivity contribution in [2.24, 2.45) is 40.4 Å². The number of allylic oxidation sites excluding steroid dienone is 1. The van der Waals surface area contributed by atoms with E-state index in [1.54, 1.807) is 0 Å². The molecule has 4 fully saturated rings. The molecule has 25 heavy (non-hydrogen) atoms. The summed E-state index contributed by atoms with van der Waals surface area (Å²) in [5, 5.41) is 10.1. The average Bonchev–Trinajstić information content (AvgIpc) is 3.02. The number of rotatable bonds is 0. The second-order valence-electron chi connectivity index (χ2n) is 10.2. The van der Waals surface area contributed by atoms with Gasteiger partial charge in [0.1, 0.15) is 6.10 Å². The molecule has 4 aliphatic carbocycles. The summed E-state index contributed by atoms with van der Waals surface area (Å²) in [5.74, 6) is 2.72. The van der Waals surface area contributed by atoms with Crippen LogP contribution in [0.1, 0.15) is 65.7 Å². The van der Waals surface area contributed by atoms with Crippen LogP contribution in [0.15, 0.2) is 11.6 Å². The summed E-state index contributed by atoms with van der Waals surface area (Å²) in [6.45, 7) is 7.03. The van der Waals surface area contributed by atoms with Crippen molar-refractivity contribution in [2.75, 3.05) is 0 Å². The maximum Gasteiger partial charge on any atom is 0.309 e. The van der Waals surface area contributed by atoms with Gasteiger partial charge in [0, 0.05) is 5.92 Å². The Morgan fingerprint density at radius 3 is 2.80 bits per heavy atom. The highest BCUT2D eigenvalue weighted by molar-refractivity contribution is 5.75. The zero-order valence-corrected chi connectivity index (χ0v) is 15.8. The van der Waals surface area contributed by atoms with Crippen LogP contribution in [-0.4, -0.2) is 23.3 Å². The number of hydrogen-bond acceptors (Lipinski definition) is 3. The van der Waals surface area contributed by atoms with Gasteiger partial charge < -0.3 is 9.84 Å². The van der Waals surface area contributed by atoms with E-state index in [0.29, 0.717) is 17.3 Å². The summed E-state index contributed by atoms with van der Waals surface area (Å²) in [5.41, 5.74) is 2.10. The first-order valence-electron chi connectivity index (χ1n) is 10.4. The molecule has 5 rings (SSSR count). The van der Waals surface area contributed by atoms with Crippen molar-refractivity contribution in [3.8, 4) is 0 Å². The van der Waals surface area contributed by atoms with E-state index in [-0.39, 0.29) is 29.5 Å². The molecule has 0 aromatic carbocycles. The van der Waals surface area contributed by atoms with Gasteiger partial charge in [-0.3, -0.25) is 4.79 Å². The maximum absolute atomic E-state index is 12.1. The highest BCUT2D eigenvalue weighted by atomic mass is 16.6. The molecule has 0 aromatic rings. The lowest BCUT2D eigenvalue weighted by Gasteiger charge is -2.58. The normalized spacial score (nSPS) is 57.0. The number of ether oxygens (including phenoxy) is 1. The van der Waals surface area contributed by atoms with Crippen LogP contribution in [0.2, 0.25) is 0 Å². The van der Waals surface area contributed by atoms with E-state index in [9.17, 15) is 9.90 Å².